The average molecular weight is 511 g/mol. The van der Waals surface area contributed by atoms with Crippen LogP contribution in [0.3, 0.4) is 0 Å². The van der Waals surface area contributed by atoms with Crippen LogP contribution in [-0.2, 0) is 13.1 Å². The van der Waals surface area contributed by atoms with Crippen LogP contribution < -0.4 is 20.1 Å². The standard InChI is InChI=1S/C32H38N4O2/c1-7-33-19-23-15-17-29(35-31(23)37-5)27-13-9-11-25(21(27)3)26-12-10-14-28(22(26)4)30-18-16-24(20-34-8-2)32(36-30)38-6/h9-18,33-34H,7-8,19-20H2,1-6H3. The molecule has 4 rings (SSSR count). The summed E-state index contributed by atoms with van der Waals surface area (Å²) in [6.07, 6.45) is 0. The van der Waals surface area contributed by atoms with Gasteiger partial charge in [-0.05, 0) is 61.3 Å². The number of hydrogen-bond donors (Lipinski definition) is 2. The van der Waals surface area contributed by atoms with Crippen molar-refractivity contribution in [2.75, 3.05) is 27.3 Å². The predicted octanol–water partition coefficient (Wildman–Crippen LogP) is 6.33. The van der Waals surface area contributed by atoms with Gasteiger partial charge in [-0.25, -0.2) is 9.97 Å². The lowest BCUT2D eigenvalue weighted by molar-refractivity contribution is 0.391. The Bertz CT molecular complexity index is 1290. The third-order valence-electron chi connectivity index (χ3n) is 6.91. The summed E-state index contributed by atoms with van der Waals surface area (Å²) in [6, 6.07) is 21.2. The van der Waals surface area contributed by atoms with Gasteiger partial charge in [0.25, 0.3) is 0 Å². The quantitative estimate of drug-likeness (QED) is 0.246. The first-order chi connectivity index (χ1) is 18.5. The van der Waals surface area contributed by atoms with Crippen LogP contribution in [0.15, 0.2) is 60.7 Å². The monoisotopic (exact) mass is 510 g/mol. The topological polar surface area (TPSA) is 68.3 Å². The average Bonchev–Trinajstić information content (AvgIpc) is 2.95. The van der Waals surface area contributed by atoms with E-state index in [0.717, 1.165) is 59.8 Å². The summed E-state index contributed by atoms with van der Waals surface area (Å²) in [7, 11) is 3.35. The first-order valence-electron chi connectivity index (χ1n) is 13.2. The minimum Gasteiger partial charge on any atom is -0.481 e. The molecule has 0 aliphatic rings. The van der Waals surface area contributed by atoms with Crippen LogP contribution in [0.4, 0.5) is 0 Å². The summed E-state index contributed by atoms with van der Waals surface area (Å²) in [5.41, 5.74) is 10.8. The molecule has 2 aromatic carbocycles. The molecule has 6 nitrogen and oxygen atoms in total. The molecule has 0 aliphatic heterocycles. The fourth-order valence-electron chi connectivity index (χ4n) is 4.79. The van der Waals surface area contributed by atoms with Crippen molar-refractivity contribution < 1.29 is 9.47 Å². The number of aromatic nitrogens is 2. The number of rotatable bonds is 11. The van der Waals surface area contributed by atoms with E-state index in [0.29, 0.717) is 11.8 Å². The zero-order chi connectivity index (χ0) is 27.1. The Hall–Kier alpha value is -3.74. The molecule has 2 N–H and O–H groups in total. The predicted molar refractivity (Wildman–Crippen MR) is 156 cm³/mol. The molecule has 0 amide bonds. The fourth-order valence-corrected chi connectivity index (χ4v) is 4.79. The molecule has 0 saturated carbocycles. The van der Waals surface area contributed by atoms with Gasteiger partial charge in [-0.3, -0.25) is 0 Å². The van der Waals surface area contributed by atoms with Crippen molar-refractivity contribution in [3.05, 3.63) is 82.9 Å². The lowest BCUT2D eigenvalue weighted by Crippen LogP contribution is -2.13. The van der Waals surface area contributed by atoms with E-state index < -0.39 is 0 Å². The number of methoxy groups -OCH3 is 2. The fraction of sp³-hybridized carbons (Fsp3) is 0.312. The Labute approximate surface area is 226 Å². The van der Waals surface area contributed by atoms with Gasteiger partial charge in [0.05, 0.1) is 25.6 Å². The van der Waals surface area contributed by atoms with Gasteiger partial charge < -0.3 is 20.1 Å². The van der Waals surface area contributed by atoms with Gasteiger partial charge >= 0.3 is 0 Å². The molecule has 0 bridgehead atoms. The van der Waals surface area contributed by atoms with Crippen LogP contribution in [0.1, 0.15) is 36.1 Å². The summed E-state index contributed by atoms with van der Waals surface area (Å²) in [4.78, 5) is 9.71. The highest BCUT2D eigenvalue weighted by Gasteiger charge is 2.16. The first-order valence-corrected chi connectivity index (χ1v) is 13.2. The maximum atomic E-state index is 5.62. The van der Waals surface area contributed by atoms with Gasteiger partial charge in [-0.1, -0.05) is 62.4 Å². The molecule has 0 atom stereocenters. The normalized spacial score (nSPS) is 11.0. The molecule has 0 aliphatic carbocycles. The highest BCUT2D eigenvalue weighted by molar-refractivity contribution is 5.82. The van der Waals surface area contributed by atoms with Crippen molar-refractivity contribution in [3.8, 4) is 45.4 Å². The van der Waals surface area contributed by atoms with E-state index in [1.54, 1.807) is 14.2 Å². The van der Waals surface area contributed by atoms with E-state index in [4.69, 9.17) is 19.4 Å². The van der Waals surface area contributed by atoms with Crippen LogP contribution in [-0.4, -0.2) is 37.3 Å². The lowest BCUT2D eigenvalue weighted by Gasteiger charge is -2.17. The van der Waals surface area contributed by atoms with Crippen molar-refractivity contribution in [1.82, 2.24) is 20.6 Å². The summed E-state index contributed by atoms with van der Waals surface area (Å²) in [5.74, 6) is 1.31. The van der Waals surface area contributed by atoms with Gasteiger partial charge in [0.2, 0.25) is 11.8 Å². The van der Waals surface area contributed by atoms with Crippen molar-refractivity contribution in [3.63, 3.8) is 0 Å². The molecule has 0 fully saturated rings. The van der Waals surface area contributed by atoms with E-state index in [9.17, 15) is 0 Å². The number of nitrogens with one attached hydrogen (secondary N) is 2. The second-order valence-corrected chi connectivity index (χ2v) is 9.25. The zero-order valence-corrected chi connectivity index (χ0v) is 23.3. The third-order valence-corrected chi connectivity index (χ3v) is 6.91. The number of ether oxygens (including phenoxy) is 2. The number of nitrogens with zero attached hydrogens (tertiary/aromatic N) is 2. The SMILES string of the molecule is CCNCc1ccc(-c2cccc(-c3cccc(-c4ccc(CNCC)c(OC)n4)c3C)c2C)nc1OC. The summed E-state index contributed by atoms with van der Waals surface area (Å²) >= 11 is 0. The molecule has 6 heteroatoms. The molecule has 0 spiro atoms. The second kappa shape index (κ2) is 12.7. The first kappa shape index (κ1) is 27.3. The van der Waals surface area contributed by atoms with Crippen LogP contribution in [0, 0.1) is 13.8 Å². The van der Waals surface area contributed by atoms with E-state index in [1.165, 1.54) is 22.3 Å². The second-order valence-electron chi connectivity index (χ2n) is 9.25. The van der Waals surface area contributed by atoms with Crippen LogP contribution >= 0.6 is 0 Å². The molecule has 2 aromatic heterocycles. The van der Waals surface area contributed by atoms with Crippen LogP contribution in [0.25, 0.3) is 33.6 Å². The Kier molecular flexibility index (Phi) is 9.10. The van der Waals surface area contributed by atoms with Gasteiger partial charge in [0.1, 0.15) is 0 Å². The van der Waals surface area contributed by atoms with E-state index in [-0.39, 0.29) is 0 Å². The number of hydrogen-bond acceptors (Lipinski definition) is 6. The molecule has 0 radical (unpaired) electrons. The minimum absolute atomic E-state index is 0.657. The lowest BCUT2D eigenvalue weighted by atomic mass is 9.89. The highest BCUT2D eigenvalue weighted by atomic mass is 16.5. The molecule has 0 unspecified atom stereocenters. The summed E-state index contributed by atoms with van der Waals surface area (Å²) in [5, 5.41) is 6.70. The van der Waals surface area contributed by atoms with Gasteiger partial charge in [0.15, 0.2) is 0 Å². The zero-order valence-electron chi connectivity index (χ0n) is 23.3. The molecular formula is C32H38N4O2. The van der Waals surface area contributed by atoms with Crippen LogP contribution in [0.2, 0.25) is 0 Å². The van der Waals surface area contributed by atoms with E-state index >= 15 is 0 Å². The Balaban J connectivity index is 1.74. The van der Waals surface area contributed by atoms with Gasteiger partial charge in [-0.15, -0.1) is 0 Å². The van der Waals surface area contributed by atoms with Crippen molar-refractivity contribution in [1.29, 1.82) is 0 Å². The minimum atomic E-state index is 0.657. The van der Waals surface area contributed by atoms with E-state index in [1.807, 2.05) is 0 Å². The number of pyridine rings is 2. The van der Waals surface area contributed by atoms with Gasteiger partial charge in [0, 0.05) is 35.3 Å². The molecule has 0 saturated heterocycles. The summed E-state index contributed by atoms with van der Waals surface area (Å²) in [6.45, 7) is 11.8. The third kappa shape index (κ3) is 5.72. The molecule has 4 aromatic rings. The number of benzene rings is 2. The van der Waals surface area contributed by atoms with Crippen molar-refractivity contribution in [2.45, 2.75) is 40.8 Å². The molecular weight excluding hydrogens is 472 g/mol. The maximum Gasteiger partial charge on any atom is 0.218 e. The highest BCUT2D eigenvalue weighted by Crippen LogP contribution is 2.37. The molecule has 198 valence electrons. The Morgan fingerprint density at radius 1 is 0.579 bits per heavy atom. The smallest absolute Gasteiger partial charge is 0.218 e. The molecule has 2 heterocycles. The van der Waals surface area contributed by atoms with Crippen molar-refractivity contribution in [2.24, 2.45) is 0 Å². The maximum absolute atomic E-state index is 5.62. The Morgan fingerprint density at radius 3 is 1.34 bits per heavy atom. The van der Waals surface area contributed by atoms with E-state index in [2.05, 4.69) is 99.0 Å². The molecule has 38 heavy (non-hydrogen) atoms. The van der Waals surface area contributed by atoms with Crippen LogP contribution in [0.5, 0.6) is 11.8 Å². The summed E-state index contributed by atoms with van der Waals surface area (Å²) < 4.78 is 11.2. The van der Waals surface area contributed by atoms with Gasteiger partial charge in [-0.2, -0.15) is 0 Å². The largest absolute Gasteiger partial charge is 0.481 e. The van der Waals surface area contributed by atoms with Crippen molar-refractivity contribution >= 4 is 0 Å². The Morgan fingerprint density at radius 2 is 0.974 bits per heavy atom.